The predicted octanol–water partition coefficient (Wildman–Crippen LogP) is -4.00. The van der Waals surface area contributed by atoms with E-state index >= 15 is 0 Å². The van der Waals surface area contributed by atoms with Crippen LogP contribution in [0, 0.1) is 0 Å². The van der Waals surface area contributed by atoms with Crippen LogP contribution in [0.1, 0.15) is 38.5 Å². The van der Waals surface area contributed by atoms with Crippen molar-refractivity contribution in [2.45, 2.75) is 56.7 Å². The zero-order valence-corrected chi connectivity index (χ0v) is 17.8. The SMILES string of the molecule is NC(N)=NCCC[C@@H](N)C(=O)OC(=O)CC[C@H](N)C(=O)OC(=O)[C@H](N)CCCN=C(N)N. The number of hydrogen-bond donors (Lipinski definition) is 7. The Morgan fingerprint density at radius 1 is 0.625 bits per heavy atom. The van der Waals surface area contributed by atoms with E-state index in [2.05, 4.69) is 19.5 Å². The van der Waals surface area contributed by atoms with Gasteiger partial charge in [-0.15, -0.1) is 0 Å². The van der Waals surface area contributed by atoms with Gasteiger partial charge in [-0.1, -0.05) is 0 Å². The van der Waals surface area contributed by atoms with Crippen LogP contribution in [0.4, 0.5) is 0 Å². The van der Waals surface area contributed by atoms with Gasteiger partial charge in [0.05, 0.1) is 0 Å². The molecule has 0 aromatic heterocycles. The molecule has 0 aromatic rings. The highest BCUT2D eigenvalue weighted by Crippen LogP contribution is 2.05. The van der Waals surface area contributed by atoms with Crippen molar-refractivity contribution in [1.82, 2.24) is 0 Å². The van der Waals surface area contributed by atoms with Gasteiger partial charge in [-0.2, -0.15) is 0 Å². The summed E-state index contributed by atoms with van der Waals surface area (Å²) in [6.07, 6.45) is 0.579. The zero-order valence-electron chi connectivity index (χ0n) is 17.8. The Labute approximate surface area is 185 Å². The van der Waals surface area contributed by atoms with E-state index in [9.17, 15) is 19.2 Å². The molecular formula is C17H33N9O6. The van der Waals surface area contributed by atoms with Crippen LogP contribution in [-0.4, -0.2) is 67.0 Å². The van der Waals surface area contributed by atoms with E-state index in [-0.39, 0.29) is 50.7 Å². The molecule has 0 amide bonds. The largest absolute Gasteiger partial charge is 0.392 e. The van der Waals surface area contributed by atoms with Crippen LogP contribution in [0.5, 0.6) is 0 Å². The lowest BCUT2D eigenvalue weighted by Crippen LogP contribution is -2.40. The lowest BCUT2D eigenvalue weighted by Gasteiger charge is -2.13. The predicted molar refractivity (Wildman–Crippen MR) is 115 cm³/mol. The highest BCUT2D eigenvalue weighted by molar-refractivity contribution is 5.91. The van der Waals surface area contributed by atoms with Gasteiger partial charge in [-0.25, -0.2) is 14.4 Å². The fraction of sp³-hybridized carbons (Fsp3) is 0.647. The van der Waals surface area contributed by atoms with E-state index in [1.165, 1.54) is 0 Å². The summed E-state index contributed by atoms with van der Waals surface area (Å²) in [4.78, 5) is 54.7. The Balaban J connectivity index is 4.24. The molecule has 0 aliphatic rings. The van der Waals surface area contributed by atoms with Gasteiger partial charge in [-0.3, -0.25) is 14.8 Å². The van der Waals surface area contributed by atoms with E-state index in [0.29, 0.717) is 12.8 Å². The van der Waals surface area contributed by atoms with Crippen molar-refractivity contribution >= 4 is 35.8 Å². The molecule has 0 radical (unpaired) electrons. The Kier molecular flexibility index (Phi) is 13.9. The second kappa shape index (κ2) is 15.5. The highest BCUT2D eigenvalue weighted by atomic mass is 16.6. The summed E-state index contributed by atoms with van der Waals surface area (Å²) in [5, 5.41) is 0. The topological polar surface area (TPSA) is 294 Å². The molecule has 0 heterocycles. The number of ether oxygens (including phenoxy) is 2. The van der Waals surface area contributed by atoms with Crippen molar-refractivity contribution in [3.8, 4) is 0 Å². The van der Waals surface area contributed by atoms with Crippen LogP contribution in [0.25, 0.3) is 0 Å². The third-order valence-electron chi connectivity index (χ3n) is 3.92. The third-order valence-corrected chi connectivity index (χ3v) is 3.92. The summed E-state index contributed by atoms with van der Waals surface area (Å²) in [6, 6.07) is -3.42. The minimum Gasteiger partial charge on any atom is -0.392 e. The van der Waals surface area contributed by atoms with E-state index in [1.54, 1.807) is 0 Å². The van der Waals surface area contributed by atoms with Gasteiger partial charge in [-0.05, 0) is 32.1 Å². The number of carbonyl (C=O) groups is 4. The molecular weight excluding hydrogens is 426 g/mol. The summed E-state index contributed by atoms with van der Waals surface area (Å²) in [7, 11) is 0. The van der Waals surface area contributed by atoms with E-state index in [1.807, 2.05) is 0 Å². The molecule has 0 aromatic carbocycles. The molecule has 0 saturated carbocycles. The lowest BCUT2D eigenvalue weighted by molar-refractivity contribution is -0.161. The van der Waals surface area contributed by atoms with Crippen molar-refractivity contribution in [2.75, 3.05) is 13.1 Å². The molecule has 0 aliphatic carbocycles. The Bertz CT molecular complexity index is 705. The fourth-order valence-electron chi connectivity index (χ4n) is 2.16. The van der Waals surface area contributed by atoms with Gasteiger partial charge in [0.25, 0.3) is 0 Å². The molecule has 0 aliphatic heterocycles. The maximum Gasteiger partial charge on any atom is 0.330 e. The summed E-state index contributed by atoms with van der Waals surface area (Å²) >= 11 is 0. The summed E-state index contributed by atoms with van der Waals surface area (Å²) < 4.78 is 9.20. The molecule has 0 rings (SSSR count). The Morgan fingerprint density at radius 3 is 1.41 bits per heavy atom. The van der Waals surface area contributed by atoms with E-state index < -0.39 is 42.0 Å². The normalized spacial score (nSPS) is 13.2. The molecule has 0 spiro atoms. The molecule has 15 nitrogen and oxygen atoms in total. The lowest BCUT2D eigenvalue weighted by atomic mass is 10.1. The standard InChI is InChI=1S/C17H33N9O6/c18-9(3-1-7-25-16(21)22)13(28)31-12(27)6-5-11(20)15(30)32-14(29)10(19)4-2-8-26-17(23)24/h9-11H,1-8,18-20H2,(H4,21,22,25)(H4,23,24,26)/t9-,10-,11+/m1/s1. The quantitative estimate of drug-likeness (QED) is 0.0428. The van der Waals surface area contributed by atoms with Crippen molar-refractivity contribution in [1.29, 1.82) is 0 Å². The van der Waals surface area contributed by atoms with Gasteiger partial charge < -0.3 is 49.6 Å². The molecule has 0 bridgehead atoms. The number of nitrogens with zero attached hydrogens (tertiary/aromatic N) is 2. The molecule has 182 valence electrons. The van der Waals surface area contributed by atoms with Crippen LogP contribution < -0.4 is 40.1 Å². The maximum atomic E-state index is 11.9. The van der Waals surface area contributed by atoms with Crippen LogP contribution >= 0.6 is 0 Å². The number of esters is 4. The molecule has 3 atom stereocenters. The Morgan fingerprint density at radius 2 is 1.00 bits per heavy atom. The summed E-state index contributed by atoms with van der Waals surface area (Å²) in [5.74, 6) is -4.08. The molecule has 0 fully saturated rings. The monoisotopic (exact) mass is 459 g/mol. The van der Waals surface area contributed by atoms with Crippen molar-refractivity contribution < 1.29 is 28.7 Å². The third kappa shape index (κ3) is 13.8. The second-order valence-electron chi connectivity index (χ2n) is 6.79. The van der Waals surface area contributed by atoms with Crippen LogP contribution in [0.15, 0.2) is 9.98 Å². The molecule has 0 saturated heterocycles. The molecule has 0 unspecified atom stereocenters. The van der Waals surface area contributed by atoms with E-state index in [0.717, 1.165) is 0 Å². The van der Waals surface area contributed by atoms with Gasteiger partial charge in [0.2, 0.25) is 0 Å². The minimum absolute atomic E-state index is 0.0854. The van der Waals surface area contributed by atoms with Gasteiger partial charge in [0.1, 0.15) is 18.1 Å². The average molecular weight is 460 g/mol. The number of rotatable bonds is 14. The minimum atomic E-state index is -1.30. The first-order valence-electron chi connectivity index (χ1n) is 9.81. The first-order chi connectivity index (χ1) is 14.9. The smallest absolute Gasteiger partial charge is 0.330 e. The van der Waals surface area contributed by atoms with Crippen LogP contribution in [0.3, 0.4) is 0 Å². The first-order valence-corrected chi connectivity index (χ1v) is 9.81. The average Bonchev–Trinajstić information content (AvgIpc) is 2.71. The Hall–Kier alpha value is -3.30. The van der Waals surface area contributed by atoms with Crippen LogP contribution in [0.2, 0.25) is 0 Å². The van der Waals surface area contributed by atoms with Crippen molar-refractivity contribution in [3.63, 3.8) is 0 Å². The molecule has 14 N–H and O–H groups in total. The fourth-order valence-corrected chi connectivity index (χ4v) is 2.16. The van der Waals surface area contributed by atoms with E-state index in [4.69, 9.17) is 40.1 Å². The number of carbonyl (C=O) groups excluding carboxylic acids is 4. The van der Waals surface area contributed by atoms with Crippen LogP contribution in [-0.2, 0) is 28.7 Å². The number of hydrogen-bond acceptors (Lipinski definition) is 11. The van der Waals surface area contributed by atoms with Gasteiger partial charge in [0.15, 0.2) is 11.9 Å². The van der Waals surface area contributed by atoms with Crippen molar-refractivity contribution in [2.24, 2.45) is 50.1 Å². The number of nitrogens with two attached hydrogens (primary N) is 7. The second-order valence-corrected chi connectivity index (χ2v) is 6.79. The zero-order chi connectivity index (χ0) is 24.7. The van der Waals surface area contributed by atoms with Gasteiger partial charge in [0, 0.05) is 19.5 Å². The number of aliphatic imine (C=N–C) groups is 2. The van der Waals surface area contributed by atoms with Gasteiger partial charge >= 0.3 is 23.9 Å². The highest BCUT2D eigenvalue weighted by Gasteiger charge is 2.25. The maximum absolute atomic E-state index is 11.9. The summed E-state index contributed by atoms with van der Waals surface area (Å²) in [6.45, 7) is 0.532. The first kappa shape index (κ1) is 28.7. The number of guanidine groups is 2. The molecule has 32 heavy (non-hydrogen) atoms. The summed E-state index contributed by atoms with van der Waals surface area (Å²) in [5.41, 5.74) is 37.5. The van der Waals surface area contributed by atoms with Crippen molar-refractivity contribution in [3.05, 3.63) is 0 Å². The molecule has 15 heteroatoms.